The number of nitrogens with zero attached hydrogens (tertiary/aromatic N) is 5. The highest BCUT2D eigenvalue weighted by molar-refractivity contribution is 7.99. The molecule has 0 radical (unpaired) electrons. The molecule has 0 aliphatic carbocycles. The lowest BCUT2D eigenvalue weighted by Crippen LogP contribution is -2.45. The van der Waals surface area contributed by atoms with E-state index in [0.29, 0.717) is 37.0 Å². The van der Waals surface area contributed by atoms with Gasteiger partial charge in [-0.3, -0.25) is 23.1 Å². The molecule has 5 rings (SSSR count). The molecular weight excluding hydrogens is 540 g/mol. The summed E-state index contributed by atoms with van der Waals surface area (Å²) in [4.78, 5) is 47.5. The van der Waals surface area contributed by atoms with Crippen LogP contribution >= 0.6 is 11.8 Å². The number of fused-ring (bicyclic) bond motifs is 2. The summed E-state index contributed by atoms with van der Waals surface area (Å²) >= 11 is 1.55. The third kappa shape index (κ3) is 5.69. The Morgan fingerprint density at radius 2 is 1.87 bits per heavy atom. The number of carbonyl (C=O) groups excluding carboxylic acids is 1. The van der Waals surface area contributed by atoms with Crippen molar-refractivity contribution in [3.05, 3.63) is 75.8 Å². The molecule has 1 aromatic carbocycles. The second-order valence-corrected chi connectivity index (χ2v) is 12.2. The smallest absolute Gasteiger partial charge is 0.332 e. The number of nitrogens with one attached hydrogen (secondary N) is 1. The third-order valence-electron chi connectivity index (χ3n) is 6.48. The third-order valence-corrected chi connectivity index (χ3v) is 9.37. The lowest BCUT2D eigenvalue weighted by atomic mass is 10.1. The van der Waals surface area contributed by atoms with Gasteiger partial charge in [0.1, 0.15) is 5.65 Å². The Morgan fingerprint density at radius 1 is 1.05 bits per heavy atom. The summed E-state index contributed by atoms with van der Waals surface area (Å²) in [6, 6.07) is 10.4. The molecule has 0 atom stereocenters. The van der Waals surface area contributed by atoms with Crippen molar-refractivity contribution in [3.63, 3.8) is 0 Å². The molecule has 11 nitrogen and oxygen atoms in total. The van der Waals surface area contributed by atoms with E-state index in [2.05, 4.69) is 15.3 Å². The molecule has 0 bridgehead atoms. The predicted molar refractivity (Wildman–Crippen MR) is 148 cm³/mol. The van der Waals surface area contributed by atoms with Crippen molar-refractivity contribution in [1.82, 2.24) is 28.8 Å². The first kappa shape index (κ1) is 26.9. The number of benzene rings is 1. The lowest BCUT2D eigenvalue weighted by molar-refractivity contribution is -0.121. The summed E-state index contributed by atoms with van der Waals surface area (Å²) in [7, 11) is -3.77. The van der Waals surface area contributed by atoms with Gasteiger partial charge in [-0.15, -0.1) is 0 Å². The van der Waals surface area contributed by atoms with Crippen LogP contribution in [-0.4, -0.2) is 55.9 Å². The minimum Gasteiger partial charge on any atom is -0.356 e. The zero-order valence-electron chi connectivity index (χ0n) is 21.2. The zero-order valence-corrected chi connectivity index (χ0v) is 22.8. The minimum absolute atomic E-state index is 0.0253. The molecule has 0 unspecified atom stereocenters. The molecule has 0 fully saturated rings. The molecule has 1 N–H and O–H groups in total. The second-order valence-electron chi connectivity index (χ2n) is 9.15. The maximum Gasteiger partial charge on any atom is 0.332 e. The van der Waals surface area contributed by atoms with Crippen LogP contribution in [0.1, 0.15) is 25.7 Å². The van der Waals surface area contributed by atoms with Gasteiger partial charge in [0.15, 0.2) is 20.0 Å². The number of hydrogen-bond acceptors (Lipinski definition) is 8. The van der Waals surface area contributed by atoms with Crippen LogP contribution in [-0.2, 0) is 27.7 Å². The van der Waals surface area contributed by atoms with Gasteiger partial charge in [0.05, 0.1) is 11.3 Å². The maximum absolute atomic E-state index is 13.4. The molecule has 1 aliphatic rings. The Labute approximate surface area is 228 Å². The second kappa shape index (κ2) is 11.6. The van der Waals surface area contributed by atoms with Crippen molar-refractivity contribution in [3.8, 4) is 11.1 Å². The van der Waals surface area contributed by atoms with E-state index in [9.17, 15) is 22.8 Å². The maximum atomic E-state index is 13.4. The fraction of sp³-hybridized carbons (Fsp3) is 0.346. The first-order valence-electron chi connectivity index (χ1n) is 12.7. The van der Waals surface area contributed by atoms with Gasteiger partial charge < -0.3 is 5.32 Å². The molecule has 1 aliphatic heterocycles. The molecule has 0 saturated carbocycles. The molecule has 204 valence electrons. The number of hydrogen-bond donors (Lipinski definition) is 1. The molecule has 0 saturated heterocycles. The van der Waals surface area contributed by atoms with Crippen LogP contribution in [0.3, 0.4) is 0 Å². The van der Waals surface area contributed by atoms with Gasteiger partial charge in [-0.1, -0.05) is 42.1 Å². The Kier molecular flexibility index (Phi) is 7.98. The zero-order chi connectivity index (χ0) is 27.4. The van der Waals surface area contributed by atoms with E-state index in [1.54, 1.807) is 54.5 Å². The van der Waals surface area contributed by atoms with E-state index in [0.717, 1.165) is 15.4 Å². The van der Waals surface area contributed by atoms with Crippen LogP contribution in [0.25, 0.3) is 16.8 Å². The van der Waals surface area contributed by atoms with E-state index in [1.165, 1.54) is 4.57 Å². The first-order valence-corrected chi connectivity index (χ1v) is 15.3. The highest BCUT2D eigenvalue weighted by Crippen LogP contribution is 2.27. The normalized spacial score (nSPS) is 14.3. The van der Waals surface area contributed by atoms with E-state index < -0.39 is 21.1 Å². The highest BCUT2D eigenvalue weighted by Gasteiger charge is 2.32. The fourth-order valence-electron chi connectivity index (χ4n) is 4.65. The Hall–Kier alpha value is -3.71. The minimum atomic E-state index is -3.77. The first-order chi connectivity index (χ1) is 18.9. The molecule has 4 aromatic rings. The van der Waals surface area contributed by atoms with E-state index in [4.69, 9.17) is 0 Å². The summed E-state index contributed by atoms with van der Waals surface area (Å²) in [6.07, 6.45) is 6.92. The largest absolute Gasteiger partial charge is 0.356 e. The van der Waals surface area contributed by atoms with Crippen LogP contribution in [0.5, 0.6) is 0 Å². The highest BCUT2D eigenvalue weighted by atomic mass is 32.2. The number of imidazole rings is 1. The standard InChI is InChI=1S/C26H28N6O5S2/c33-21(9-4-17-38-25-29-12-10-20-27-13-16-30(20)25)28-11-5-14-31-23(34)22(19-7-2-1-3-8-19)24-32(26(31)35)15-6-18-39(24,36)37/h1-3,7-8,10,12-13,16H,4-6,9,11,14-15,17-18H2,(H,28,33). The summed E-state index contributed by atoms with van der Waals surface area (Å²) in [5.74, 6) is 0.496. The van der Waals surface area contributed by atoms with Gasteiger partial charge in [0.25, 0.3) is 5.56 Å². The SMILES string of the molecule is O=C(CCCSc1nccc2nccn12)NCCCn1c(=O)c(-c2ccccc2)c2n(c1=O)CCCS2(=O)=O. The fourth-order valence-corrected chi connectivity index (χ4v) is 7.27. The molecule has 13 heteroatoms. The van der Waals surface area contributed by atoms with Crippen molar-refractivity contribution in [2.24, 2.45) is 0 Å². The Bertz CT molecular complexity index is 1730. The van der Waals surface area contributed by atoms with Crippen molar-refractivity contribution in [2.75, 3.05) is 18.1 Å². The van der Waals surface area contributed by atoms with Gasteiger partial charge in [-0.25, -0.2) is 23.2 Å². The number of carbonyl (C=O) groups is 1. The number of amides is 1. The van der Waals surface area contributed by atoms with Crippen molar-refractivity contribution < 1.29 is 13.2 Å². The molecule has 3 aromatic heterocycles. The van der Waals surface area contributed by atoms with E-state index >= 15 is 0 Å². The molecular formula is C26H28N6O5S2. The van der Waals surface area contributed by atoms with Gasteiger partial charge in [0, 0.05) is 50.4 Å². The van der Waals surface area contributed by atoms with E-state index in [1.807, 2.05) is 16.7 Å². The van der Waals surface area contributed by atoms with Crippen molar-refractivity contribution in [1.29, 1.82) is 0 Å². The van der Waals surface area contributed by atoms with Crippen LogP contribution in [0.15, 0.2) is 74.8 Å². The quantitative estimate of drug-likeness (QED) is 0.133. The Balaban J connectivity index is 1.20. The van der Waals surface area contributed by atoms with Crippen molar-refractivity contribution >= 4 is 33.2 Å². The van der Waals surface area contributed by atoms with Crippen LogP contribution in [0, 0.1) is 0 Å². The topological polar surface area (TPSA) is 137 Å². The van der Waals surface area contributed by atoms with Crippen molar-refractivity contribution in [2.45, 2.75) is 49.0 Å². The molecule has 0 spiro atoms. The number of sulfone groups is 1. The Morgan fingerprint density at radius 3 is 2.69 bits per heavy atom. The monoisotopic (exact) mass is 568 g/mol. The molecule has 4 heterocycles. The average molecular weight is 569 g/mol. The predicted octanol–water partition coefficient (Wildman–Crippen LogP) is 1.98. The van der Waals surface area contributed by atoms with Gasteiger partial charge in [-0.05, 0) is 30.9 Å². The summed E-state index contributed by atoms with van der Waals surface area (Å²) in [5.41, 5.74) is 0.0319. The van der Waals surface area contributed by atoms with Gasteiger partial charge >= 0.3 is 5.69 Å². The van der Waals surface area contributed by atoms with Gasteiger partial charge in [0.2, 0.25) is 5.91 Å². The molecule has 1 amide bonds. The summed E-state index contributed by atoms with van der Waals surface area (Å²) in [6.45, 7) is 0.580. The summed E-state index contributed by atoms with van der Waals surface area (Å²) in [5, 5.41) is 3.46. The van der Waals surface area contributed by atoms with Crippen LogP contribution < -0.4 is 16.6 Å². The number of aromatic nitrogens is 5. The molecule has 39 heavy (non-hydrogen) atoms. The van der Waals surface area contributed by atoms with E-state index in [-0.39, 0.29) is 41.9 Å². The van der Waals surface area contributed by atoms with Crippen LogP contribution in [0.2, 0.25) is 0 Å². The summed E-state index contributed by atoms with van der Waals surface area (Å²) < 4.78 is 30.0. The number of thioether (sulfide) groups is 1. The lowest BCUT2D eigenvalue weighted by Gasteiger charge is -2.23. The number of rotatable bonds is 10. The average Bonchev–Trinajstić information content (AvgIpc) is 3.41. The van der Waals surface area contributed by atoms with Gasteiger partial charge in [-0.2, -0.15) is 0 Å². The van der Waals surface area contributed by atoms with Crippen LogP contribution in [0.4, 0.5) is 0 Å².